The average Bonchev–Trinajstić information content (AvgIpc) is 3.68. The number of piperidine rings is 1. The number of hydrogen-bond acceptors (Lipinski definition) is 4. The van der Waals surface area contributed by atoms with Gasteiger partial charge in [0.25, 0.3) is 0 Å². The molecule has 2 aromatic rings. The van der Waals surface area contributed by atoms with Crippen molar-refractivity contribution in [3.05, 3.63) is 53.3 Å². The molecule has 1 aromatic heterocycles. The van der Waals surface area contributed by atoms with Crippen LogP contribution in [0.15, 0.2) is 36.7 Å². The maximum absolute atomic E-state index is 13.4. The number of nitrogens with zero attached hydrogens (tertiary/aromatic N) is 2. The van der Waals surface area contributed by atoms with Crippen LogP contribution in [0.4, 0.5) is 18.9 Å². The molecule has 0 radical (unpaired) electrons. The Kier molecular flexibility index (Phi) is 7.05. The van der Waals surface area contributed by atoms with E-state index in [4.69, 9.17) is 9.84 Å². The van der Waals surface area contributed by atoms with Crippen LogP contribution in [-0.4, -0.2) is 34.8 Å². The van der Waals surface area contributed by atoms with Crippen LogP contribution in [0.5, 0.6) is 5.75 Å². The van der Waals surface area contributed by atoms with Crippen molar-refractivity contribution in [2.45, 2.75) is 70.1 Å². The summed E-state index contributed by atoms with van der Waals surface area (Å²) in [7, 11) is 0. The number of fused-ring (bicyclic) bond motifs is 1. The number of rotatable bonds is 4. The SMILES string of the molecule is C1CC1.CC(Cc1ccc2c(c1)OC1(CC2)CCN(c2ccncc2C(F)(F)F)CC1)C(=O)O. The second-order valence-corrected chi connectivity index (χ2v) is 9.61. The molecule has 1 N–H and O–H groups in total. The molecule has 1 unspecified atom stereocenters. The van der Waals surface area contributed by atoms with E-state index < -0.39 is 29.2 Å². The summed E-state index contributed by atoms with van der Waals surface area (Å²) in [5, 5.41) is 9.16. The van der Waals surface area contributed by atoms with Crippen molar-refractivity contribution in [1.29, 1.82) is 0 Å². The van der Waals surface area contributed by atoms with Gasteiger partial charge in [-0.25, -0.2) is 0 Å². The predicted molar refractivity (Wildman–Crippen MR) is 123 cm³/mol. The number of alkyl halides is 3. The molecule has 184 valence electrons. The summed E-state index contributed by atoms with van der Waals surface area (Å²) in [6, 6.07) is 7.29. The Morgan fingerprint density at radius 2 is 1.88 bits per heavy atom. The standard InChI is InChI=1S/C23H25F3N2O3.C3H6/c1-15(21(29)30)12-16-2-3-17-4-6-22(31-20(17)13-16)7-10-28(11-8-22)19-5-9-27-14-18(19)23(24,25)26;1-2-3-1/h2-3,5,9,13-15H,4,6-8,10-12H2,1H3,(H,29,30);1-3H2. The van der Waals surface area contributed by atoms with Gasteiger partial charge in [0.15, 0.2) is 0 Å². The minimum absolute atomic E-state index is 0.165. The fourth-order valence-electron chi connectivity index (χ4n) is 4.50. The molecule has 0 amide bonds. The van der Waals surface area contributed by atoms with Crippen LogP contribution < -0.4 is 9.64 Å². The Bertz CT molecular complexity index is 1010. The summed E-state index contributed by atoms with van der Waals surface area (Å²) in [5.41, 5.74) is 1.06. The Hall–Kier alpha value is -2.77. The van der Waals surface area contributed by atoms with Gasteiger partial charge in [0.05, 0.1) is 17.2 Å². The fraction of sp³-hybridized carbons (Fsp3) is 0.538. The molecule has 5 rings (SSSR count). The molecule has 34 heavy (non-hydrogen) atoms. The number of benzene rings is 1. The van der Waals surface area contributed by atoms with E-state index in [1.165, 1.54) is 31.5 Å². The summed E-state index contributed by atoms with van der Waals surface area (Å²) in [6.07, 6.45) is 5.67. The summed E-state index contributed by atoms with van der Waals surface area (Å²) >= 11 is 0. The predicted octanol–water partition coefficient (Wildman–Crippen LogP) is 5.90. The van der Waals surface area contributed by atoms with Crippen molar-refractivity contribution < 1.29 is 27.8 Å². The van der Waals surface area contributed by atoms with Gasteiger partial charge in [0.2, 0.25) is 0 Å². The van der Waals surface area contributed by atoms with E-state index in [1.807, 2.05) is 18.2 Å². The van der Waals surface area contributed by atoms with E-state index >= 15 is 0 Å². The average molecular weight is 477 g/mol. The lowest BCUT2D eigenvalue weighted by molar-refractivity contribution is -0.141. The fourth-order valence-corrected chi connectivity index (χ4v) is 4.50. The summed E-state index contributed by atoms with van der Waals surface area (Å²) in [4.78, 5) is 16.6. The largest absolute Gasteiger partial charge is 0.487 e. The molecular weight excluding hydrogens is 445 g/mol. The summed E-state index contributed by atoms with van der Waals surface area (Å²) in [5.74, 6) is -0.548. The molecule has 1 spiro atoms. The molecule has 2 aliphatic heterocycles. The lowest BCUT2D eigenvalue weighted by Gasteiger charge is -2.45. The van der Waals surface area contributed by atoms with Crippen molar-refractivity contribution in [2.75, 3.05) is 18.0 Å². The van der Waals surface area contributed by atoms with Gasteiger partial charge in [-0.05, 0) is 42.5 Å². The van der Waals surface area contributed by atoms with Gasteiger partial charge in [0.1, 0.15) is 11.4 Å². The molecule has 2 fully saturated rings. The number of hydrogen-bond donors (Lipinski definition) is 1. The van der Waals surface area contributed by atoms with Gasteiger partial charge in [0, 0.05) is 38.3 Å². The van der Waals surface area contributed by atoms with Gasteiger partial charge in [-0.2, -0.15) is 13.2 Å². The molecule has 1 saturated heterocycles. The molecule has 0 bridgehead atoms. The zero-order valence-electron chi connectivity index (χ0n) is 19.4. The second kappa shape index (κ2) is 9.84. The number of ether oxygens (including phenoxy) is 1. The normalized spacial score (nSPS) is 19.4. The molecule has 8 heteroatoms. The smallest absolute Gasteiger partial charge is 0.419 e. The first-order valence-corrected chi connectivity index (χ1v) is 12.0. The highest BCUT2D eigenvalue weighted by molar-refractivity contribution is 5.70. The van der Waals surface area contributed by atoms with Crippen LogP contribution in [0.3, 0.4) is 0 Å². The van der Waals surface area contributed by atoms with Crippen LogP contribution in [0.1, 0.15) is 62.1 Å². The molecule has 1 atom stereocenters. The minimum Gasteiger partial charge on any atom is -0.487 e. The number of halogens is 3. The molecule has 3 heterocycles. The lowest BCUT2D eigenvalue weighted by Crippen LogP contribution is -2.50. The maximum atomic E-state index is 13.4. The van der Waals surface area contributed by atoms with Crippen molar-refractivity contribution in [1.82, 2.24) is 4.98 Å². The zero-order valence-corrected chi connectivity index (χ0v) is 19.4. The number of carboxylic acid groups (broad SMARTS) is 1. The third kappa shape index (κ3) is 5.83. The Morgan fingerprint density at radius 3 is 2.50 bits per heavy atom. The van der Waals surface area contributed by atoms with Crippen LogP contribution in [0, 0.1) is 5.92 Å². The third-order valence-corrected chi connectivity index (χ3v) is 6.74. The highest BCUT2D eigenvalue weighted by Crippen LogP contribution is 2.42. The topological polar surface area (TPSA) is 62.7 Å². The van der Waals surface area contributed by atoms with E-state index in [0.717, 1.165) is 35.9 Å². The number of aromatic nitrogens is 1. The number of aliphatic carboxylic acids is 1. The maximum Gasteiger partial charge on any atom is 0.419 e. The van der Waals surface area contributed by atoms with E-state index in [0.29, 0.717) is 32.4 Å². The van der Waals surface area contributed by atoms with E-state index in [9.17, 15) is 18.0 Å². The van der Waals surface area contributed by atoms with E-state index in [1.54, 1.807) is 11.8 Å². The minimum atomic E-state index is -4.44. The first-order valence-electron chi connectivity index (χ1n) is 12.0. The Morgan fingerprint density at radius 1 is 1.18 bits per heavy atom. The first kappa shape index (κ1) is 24.4. The number of carboxylic acids is 1. The highest BCUT2D eigenvalue weighted by Gasteiger charge is 2.42. The molecule has 1 saturated carbocycles. The number of aryl methyl sites for hydroxylation is 1. The van der Waals surface area contributed by atoms with Gasteiger partial charge < -0.3 is 14.7 Å². The zero-order chi connectivity index (χ0) is 24.3. The Labute approximate surface area is 197 Å². The molecular formula is C26H31F3N2O3. The molecule has 5 nitrogen and oxygen atoms in total. The molecule has 3 aliphatic rings. The number of anilines is 1. The Balaban J connectivity index is 0.000000846. The molecule has 1 aliphatic carbocycles. The van der Waals surface area contributed by atoms with Gasteiger partial charge in [-0.1, -0.05) is 38.3 Å². The van der Waals surface area contributed by atoms with Crippen molar-refractivity contribution in [3.63, 3.8) is 0 Å². The highest BCUT2D eigenvalue weighted by atomic mass is 19.4. The third-order valence-electron chi connectivity index (χ3n) is 6.74. The van der Waals surface area contributed by atoms with Crippen LogP contribution in [0.2, 0.25) is 0 Å². The van der Waals surface area contributed by atoms with Crippen LogP contribution in [-0.2, 0) is 23.8 Å². The van der Waals surface area contributed by atoms with Crippen LogP contribution in [0.25, 0.3) is 0 Å². The van der Waals surface area contributed by atoms with Gasteiger partial charge in [-0.3, -0.25) is 9.78 Å². The first-order chi connectivity index (χ1) is 16.2. The summed E-state index contributed by atoms with van der Waals surface area (Å²) in [6.45, 7) is 2.62. The second-order valence-electron chi connectivity index (χ2n) is 9.61. The summed E-state index contributed by atoms with van der Waals surface area (Å²) < 4.78 is 46.5. The lowest BCUT2D eigenvalue weighted by atomic mass is 9.82. The monoisotopic (exact) mass is 476 g/mol. The van der Waals surface area contributed by atoms with Gasteiger partial charge in [-0.15, -0.1) is 0 Å². The van der Waals surface area contributed by atoms with Crippen molar-refractivity contribution in [2.24, 2.45) is 5.92 Å². The van der Waals surface area contributed by atoms with E-state index in [2.05, 4.69) is 4.98 Å². The quantitative estimate of drug-likeness (QED) is 0.596. The molecule has 1 aromatic carbocycles. The number of carbonyl (C=O) groups is 1. The number of pyridine rings is 1. The van der Waals surface area contributed by atoms with Gasteiger partial charge >= 0.3 is 12.1 Å². The van der Waals surface area contributed by atoms with Crippen LogP contribution >= 0.6 is 0 Å². The van der Waals surface area contributed by atoms with Crippen molar-refractivity contribution >= 4 is 11.7 Å². The van der Waals surface area contributed by atoms with Crippen molar-refractivity contribution in [3.8, 4) is 5.75 Å². The van der Waals surface area contributed by atoms with E-state index in [-0.39, 0.29) is 5.69 Å².